The number of aromatic nitrogens is 2. The molecular formula is C19H12ClF3N2O2. The van der Waals surface area contributed by atoms with Crippen molar-refractivity contribution in [2.75, 3.05) is 0 Å². The van der Waals surface area contributed by atoms with Gasteiger partial charge in [0.25, 0.3) is 0 Å². The van der Waals surface area contributed by atoms with Crippen LogP contribution in [0.25, 0.3) is 22.0 Å². The highest BCUT2D eigenvalue weighted by molar-refractivity contribution is 6.32. The molecule has 0 radical (unpaired) electrons. The van der Waals surface area contributed by atoms with Crippen LogP contribution in [0.3, 0.4) is 0 Å². The van der Waals surface area contributed by atoms with Gasteiger partial charge in [0, 0.05) is 16.5 Å². The Balaban J connectivity index is 1.98. The molecule has 4 nitrogen and oxygen atoms in total. The number of hydrogen-bond acceptors (Lipinski definition) is 3. The zero-order valence-corrected chi connectivity index (χ0v) is 14.7. The highest BCUT2D eigenvalue weighted by Crippen LogP contribution is 2.33. The van der Waals surface area contributed by atoms with E-state index in [0.29, 0.717) is 27.1 Å². The first-order valence-corrected chi connectivity index (χ1v) is 8.37. The van der Waals surface area contributed by atoms with Crippen molar-refractivity contribution >= 4 is 33.6 Å². The summed E-state index contributed by atoms with van der Waals surface area (Å²) in [5, 5.41) is 0.917. The summed E-state index contributed by atoms with van der Waals surface area (Å²) in [5.41, 5.74) is 1.26. The van der Waals surface area contributed by atoms with Crippen molar-refractivity contribution in [3.8, 4) is 0 Å². The average molecular weight is 393 g/mol. The quantitative estimate of drug-likeness (QED) is 0.442. The Hall–Kier alpha value is -2.80. The largest absolute Gasteiger partial charge is 0.449 e. The van der Waals surface area contributed by atoms with Gasteiger partial charge in [-0.1, -0.05) is 23.7 Å². The van der Waals surface area contributed by atoms with E-state index in [0.717, 1.165) is 4.57 Å². The van der Waals surface area contributed by atoms with Gasteiger partial charge in [-0.15, -0.1) is 0 Å². The maximum absolute atomic E-state index is 13.5. The molecule has 0 unspecified atom stereocenters. The molecule has 2 aromatic carbocycles. The number of rotatable bonds is 2. The molecular weight excluding hydrogens is 381 g/mol. The van der Waals surface area contributed by atoms with Crippen LogP contribution in [0.15, 0.2) is 51.7 Å². The third-order valence-electron chi connectivity index (χ3n) is 4.35. The maximum atomic E-state index is 13.5. The lowest BCUT2D eigenvalue weighted by Gasteiger charge is -2.13. The fraction of sp³-hybridized carbons (Fsp3) is 0.158. The second-order valence-electron chi connectivity index (χ2n) is 6.20. The van der Waals surface area contributed by atoms with Crippen molar-refractivity contribution < 1.29 is 17.6 Å². The Labute approximate surface area is 155 Å². The monoisotopic (exact) mass is 392 g/mol. The van der Waals surface area contributed by atoms with Crippen LogP contribution in [0.2, 0.25) is 5.02 Å². The minimum Gasteiger partial charge on any atom is -0.423 e. The summed E-state index contributed by atoms with van der Waals surface area (Å²) >= 11 is 6.16. The molecule has 0 N–H and O–H groups in total. The summed E-state index contributed by atoms with van der Waals surface area (Å²) in [6.07, 6.45) is -4.64. The predicted molar refractivity (Wildman–Crippen MR) is 96.1 cm³/mol. The molecule has 0 amide bonds. The van der Waals surface area contributed by atoms with Crippen molar-refractivity contribution in [2.24, 2.45) is 0 Å². The summed E-state index contributed by atoms with van der Waals surface area (Å²) in [6, 6.07) is 10.7. The van der Waals surface area contributed by atoms with Gasteiger partial charge in [0.2, 0.25) is 5.82 Å². The Morgan fingerprint density at radius 2 is 1.93 bits per heavy atom. The van der Waals surface area contributed by atoms with Gasteiger partial charge in [-0.05, 0) is 42.3 Å². The number of para-hydroxylation sites is 2. The number of benzene rings is 2. The lowest BCUT2D eigenvalue weighted by atomic mass is 10.1. The molecule has 0 saturated carbocycles. The number of hydrogen-bond donors (Lipinski definition) is 0. The van der Waals surface area contributed by atoms with Crippen LogP contribution in [0.4, 0.5) is 13.2 Å². The third kappa shape index (κ3) is 3.08. The van der Waals surface area contributed by atoms with E-state index >= 15 is 0 Å². The van der Waals surface area contributed by atoms with Crippen LogP contribution in [0.5, 0.6) is 0 Å². The maximum Gasteiger partial charge on any atom is 0.449 e. The van der Waals surface area contributed by atoms with E-state index in [2.05, 4.69) is 4.98 Å². The first kappa shape index (κ1) is 17.6. The fourth-order valence-corrected chi connectivity index (χ4v) is 3.27. The Morgan fingerprint density at radius 1 is 1.19 bits per heavy atom. The Morgan fingerprint density at radius 3 is 2.67 bits per heavy atom. The van der Waals surface area contributed by atoms with Crippen LogP contribution in [0, 0.1) is 6.92 Å². The Kier molecular flexibility index (Phi) is 3.99. The lowest BCUT2D eigenvalue weighted by Crippen LogP contribution is -2.16. The topological polar surface area (TPSA) is 48.0 Å². The standard InChI is InChI=1S/C19H12ClF3N2O2/c1-10-6-16-12(8-13(10)20)11(7-17(26)27-16)9-25-15-5-3-2-4-14(15)24-18(25)19(21,22)23/h2-8H,9H2,1H3. The van der Waals surface area contributed by atoms with Crippen LogP contribution in [-0.4, -0.2) is 9.55 Å². The van der Waals surface area contributed by atoms with Crippen molar-refractivity contribution in [1.82, 2.24) is 9.55 Å². The van der Waals surface area contributed by atoms with E-state index in [4.69, 9.17) is 16.0 Å². The van der Waals surface area contributed by atoms with Gasteiger partial charge < -0.3 is 8.98 Å². The molecule has 2 aromatic heterocycles. The van der Waals surface area contributed by atoms with E-state index in [9.17, 15) is 18.0 Å². The van der Waals surface area contributed by atoms with E-state index in [1.807, 2.05) is 0 Å². The number of aryl methyl sites for hydroxylation is 1. The van der Waals surface area contributed by atoms with Gasteiger partial charge in [-0.25, -0.2) is 9.78 Å². The Bertz CT molecular complexity index is 1240. The molecule has 8 heteroatoms. The van der Waals surface area contributed by atoms with E-state index < -0.39 is 17.6 Å². The number of halogens is 4. The number of alkyl halides is 3. The van der Waals surface area contributed by atoms with Gasteiger partial charge in [0.05, 0.1) is 17.6 Å². The zero-order chi connectivity index (χ0) is 19.3. The van der Waals surface area contributed by atoms with Crippen molar-refractivity contribution in [1.29, 1.82) is 0 Å². The third-order valence-corrected chi connectivity index (χ3v) is 4.75. The van der Waals surface area contributed by atoms with Crippen LogP contribution in [-0.2, 0) is 12.7 Å². The van der Waals surface area contributed by atoms with Crippen LogP contribution in [0.1, 0.15) is 17.0 Å². The molecule has 27 heavy (non-hydrogen) atoms. The van der Waals surface area contributed by atoms with E-state index in [1.165, 1.54) is 12.1 Å². The molecule has 0 spiro atoms. The van der Waals surface area contributed by atoms with Gasteiger partial charge in [0.15, 0.2) is 0 Å². The van der Waals surface area contributed by atoms with Gasteiger partial charge in [0.1, 0.15) is 5.58 Å². The minimum atomic E-state index is -4.64. The van der Waals surface area contributed by atoms with Crippen molar-refractivity contribution in [3.05, 3.63) is 74.9 Å². The minimum absolute atomic E-state index is 0.198. The first-order chi connectivity index (χ1) is 12.7. The summed E-state index contributed by atoms with van der Waals surface area (Å²) in [5.74, 6) is -1.02. The molecule has 0 saturated heterocycles. The van der Waals surface area contributed by atoms with Crippen molar-refractivity contribution in [2.45, 2.75) is 19.6 Å². The van der Waals surface area contributed by atoms with Crippen LogP contribution >= 0.6 is 11.6 Å². The molecule has 0 aliphatic heterocycles. The smallest absolute Gasteiger partial charge is 0.423 e. The lowest BCUT2D eigenvalue weighted by molar-refractivity contribution is -0.146. The van der Waals surface area contributed by atoms with E-state index in [-0.39, 0.29) is 17.6 Å². The summed E-state index contributed by atoms with van der Waals surface area (Å²) in [4.78, 5) is 15.7. The number of nitrogens with zero attached hydrogens (tertiary/aromatic N) is 2. The van der Waals surface area contributed by atoms with E-state index in [1.54, 1.807) is 37.3 Å². The molecule has 138 valence electrons. The molecule has 0 aliphatic carbocycles. The van der Waals surface area contributed by atoms with Gasteiger partial charge in [-0.2, -0.15) is 13.2 Å². The SMILES string of the molecule is Cc1cc2oc(=O)cc(Cn3c(C(F)(F)F)nc4ccccc43)c2cc1Cl. The summed E-state index contributed by atoms with van der Waals surface area (Å²) in [7, 11) is 0. The molecule has 0 fully saturated rings. The first-order valence-electron chi connectivity index (χ1n) is 7.99. The molecule has 0 atom stereocenters. The number of imidazole rings is 1. The van der Waals surface area contributed by atoms with Gasteiger partial charge >= 0.3 is 11.8 Å². The highest BCUT2D eigenvalue weighted by Gasteiger charge is 2.37. The highest BCUT2D eigenvalue weighted by atomic mass is 35.5. The predicted octanol–water partition coefficient (Wildman–Crippen LogP) is 5.17. The summed E-state index contributed by atoms with van der Waals surface area (Å²) in [6.45, 7) is 1.55. The second kappa shape index (κ2) is 6.13. The molecule has 0 aliphatic rings. The fourth-order valence-electron chi connectivity index (χ4n) is 3.10. The van der Waals surface area contributed by atoms with Crippen LogP contribution < -0.4 is 5.63 Å². The zero-order valence-electron chi connectivity index (χ0n) is 14.0. The van der Waals surface area contributed by atoms with Gasteiger partial charge in [-0.3, -0.25) is 0 Å². The molecule has 4 rings (SSSR count). The second-order valence-corrected chi connectivity index (χ2v) is 6.60. The average Bonchev–Trinajstić information content (AvgIpc) is 2.96. The van der Waals surface area contributed by atoms with Crippen molar-refractivity contribution in [3.63, 3.8) is 0 Å². The normalized spacial score (nSPS) is 12.2. The summed E-state index contributed by atoms with van der Waals surface area (Å²) < 4.78 is 46.8. The molecule has 2 heterocycles. The molecule has 0 bridgehead atoms. The number of fused-ring (bicyclic) bond motifs is 2. The molecule has 4 aromatic rings.